The van der Waals surface area contributed by atoms with Crippen LogP contribution in [0.25, 0.3) is 0 Å². The number of nitrogens with zero attached hydrogens (tertiary/aromatic N) is 1. The highest BCUT2D eigenvalue weighted by Crippen LogP contribution is 2.27. The summed E-state index contributed by atoms with van der Waals surface area (Å²) in [5.74, 6) is -6.28. The minimum Gasteiger partial charge on any atom is -0.242 e. The maximum absolute atomic E-state index is 13.7. The SMILES string of the molecule is CCN(Cc1cc(F)c(F)c(F)c1F)Sc1ccc(C)cc1. The van der Waals surface area contributed by atoms with E-state index in [2.05, 4.69) is 0 Å². The van der Waals surface area contributed by atoms with Gasteiger partial charge in [0.2, 0.25) is 0 Å². The van der Waals surface area contributed by atoms with Crippen molar-refractivity contribution in [1.82, 2.24) is 4.31 Å². The lowest BCUT2D eigenvalue weighted by atomic mass is 10.2. The van der Waals surface area contributed by atoms with Crippen LogP contribution >= 0.6 is 11.9 Å². The predicted molar refractivity (Wildman–Crippen MR) is 79.4 cm³/mol. The summed E-state index contributed by atoms with van der Waals surface area (Å²) in [4.78, 5) is 0.927. The largest absolute Gasteiger partial charge is 0.242 e. The maximum atomic E-state index is 13.7. The molecule has 118 valence electrons. The Bertz CT molecular complexity index is 658. The zero-order chi connectivity index (χ0) is 16.3. The van der Waals surface area contributed by atoms with Crippen LogP contribution in [0.4, 0.5) is 17.6 Å². The van der Waals surface area contributed by atoms with Crippen LogP contribution in [0.3, 0.4) is 0 Å². The predicted octanol–water partition coefficient (Wildman–Crippen LogP) is 5.08. The van der Waals surface area contributed by atoms with Crippen LogP contribution in [0.5, 0.6) is 0 Å². The second-order valence-corrected chi connectivity index (χ2v) is 5.99. The molecule has 0 amide bonds. The van der Waals surface area contributed by atoms with E-state index in [1.54, 1.807) is 4.31 Å². The van der Waals surface area contributed by atoms with E-state index >= 15 is 0 Å². The van der Waals surface area contributed by atoms with Crippen molar-refractivity contribution in [1.29, 1.82) is 0 Å². The second kappa shape index (κ2) is 7.15. The third kappa shape index (κ3) is 3.81. The van der Waals surface area contributed by atoms with Gasteiger partial charge in [0.15, 0.2) is 23.3 Å². The fourth-order valence-electron chi connectivity index (χ4n) is 1.88. The second-order valence-electron chi connectivity index (χ2n) is 4.82. The van der Waals surface area contributed by atoms with Gasteiger partial charge in [-0.15, -0.1) is 0 Å². The van der Waals surface area contributed by atoms with Gasteiger partial charge in [-0.25, -0.2) is 21.9 Å². The van der Waals surface area contributed by atoms with E-state index in [0.29, 0.717) is 12.6 Å². The number of rotatable bonds is 5. The molecule has 0 aliphatic heterocycles. The summed E-state index contributed by atoms with van der Waals surface area (Å²) in [5, 5.41) is 0. The summed E-state index contributed by atoms with van der Waals surface area (Å²) >= 11 is 1.34. The quantitative estimate of drug-likeness (QED) is 0.326. The first-order chi connectivity index (χ1) is 10.4. The van der Waals surface area contributed by atoms with E-state index in [1.807, 2.05) is 38.1 Å². The molecule has 6 heteroatoms. The van der Waals surface area contributed by atoms with Crippen LogP contribution < -0.4 is 0 Å². The van der Waals surface area contributed by atoms with E-state index in [4.69, 9.17) is 0 Å². The van der Waals surface area contributed by atoms with E-state index in [1.165, 1.54) is 11.9 Å². The van der Waals surface area contributed by atoms with Crippen molar-refractivity contribution in [2.75, 3.05) is 6.54 Å². The molecule has 2 aromatic carbocycles. The monoisotopic (exact) mass is 329 g/mol. The van der Waals surface area contributed by atoms with Crippen molar-refractivity contribution in [3.05, 3.63) is 64.7 Å². The maximum Gasteiger partial charge on any atom is 0.197 e. The number of aryl methyl sites for hydroxylation is 1. The molecule has 1 nitrogen and oxygen atoms in total. The molecule has 2 rings (SSSR count). The normalized spacial score (nSPS) is 11.2. The molecular weight excluding hydrogens is 314 g/mol. The Kier molecular flexibility index (Phi) is 5.47. The first kappa shape index (κ1) is 16.8. The topological polar surface area (TPSA) is 3.24 Å². The van der Waals surface area contributed by atoms with Crippen LogP contribution in [0.1, 0.15) is 18.1 Å². The molecule has 0 fully saturated rings. The fraction of sp³-hybridized carbons (Fsp3) is 0.250. The Morgan fingerprint density at radius 3 is 2.18 bits per heavy atom. The average Bonchev–Trinajstić information content (AvgIpc) is 2.51. The Labute approximate surface area is 131 Å². The molecule has 0 bridgehead atoms. The number of benzene rings is 2. The molecule has 0 atom stereocenters. The molecule has 0 aliphatic rings. The molecular formula is C16H15F4NS. The lowest BCUT2D eigenvalue weighted by Crippen LogP contribution is -2.16. The van der Waals surface area contributed by atoms with Gasteiger partial charge in [-0.05, 0) is 37.1 Å². The van der Waals surface area contributed by atoms with Crippen molar-refractivity contribution in [3.8, 4) is 0 Å². The van der Waals surface area contributed by atoms with Crippen molar-refractivity contribution in [2.45, 2.75) is 25.3 Å². The summed E-state index contributed by atoms with van der Waals surface area (Å²) in [5.41, 5.74) is 0.902. The van der Waals surface area contributed by atoms with E-state index in [9.17, 15) is 17.6 Å². The fourth-order valence-corrected chi connectivity index (χ4v) is 2.77. The lowest BCUT2D eigenvalue weighted by Gasteiger charge is -2.20. The van der Waals surface area contributed by atoms with Crippen LogP contribution in [-0.4, -0.2) is 10.8 Å². The zero-order valence-electron chi connectivity index (χ0n) is 12.2. The van der Waals surface area contributed by atoms with Crippen LogP contribution in [0, 0.1) is 30.2 Å². The molecule has 22 heavy (non-hydrogen) atoms. The van der Waals surface area contributed by atoms with Gasteiger partial charge in [0.1, 0.15) is 0 Å². The molecule has 0 unspecified atom stereocenters. The standard InChI is InChI=1S/C16H15F4NS/c1-3-21(22-12-6-4-10(2)5-7-12)9-11-8-13(17)15(19)16(20)14(11)18/h4-8H,3,9H2,1-2H3. The van der Waals surface area contributed by atoms with Gasteiger partial charge in [-0.2, -0.15) is 0 Å². The Balaban J connectivity index is 2.18. The lowest BCUT2D eigenvalue weighted by molar-refractivity contribution is 0.392. The zero-order valence-corrected chi connectivity index (χ0v) is 13.0. The highest BCUT2D eigenvalue weighted by molar-refractivity contribution is 7.97. The molecule has 0 spiro atoms. The van der Waals surface area contributed by atoms with E-state index in [-0.39, 0.29) is 12.1 Å². The highest BCUT2D eigenvalue weighted by atomic mass is 32.2. The molecule has 0 heterocycles. The third-order valence-electron chi connectivity index (χ3n) is 3.13. The van der Waals surface area contributed by atoms with Gasteiger partial charge in [0.05, 0.1) is 0 Å². The first-order valence-corrected chi connectivity index (χ1v) is 7.51. The molecule has 2 aromatic rings. The van der Waals surface area contributed by atoms with Crippen molar-refractivity contribution >= 4 is 11.9 Å². The van der Waals surface area contributed by atoms with Gasteiger partial charge < -0.3 is 0 Å². The van der Waals surface area contributed by atoms with Gasteiger partial charge in [0, 0.05) is 23.5 Å². The van der Waals surface area contributed by atoms with Crippen molar-refractivity contribution in [3.63, 3.8) is 0 Å². The van der Waals surface area contributed by atoms with E-state index < -0.39 is 23.3 Å². The Morgan fingerprint density at radius 2 is 1.59 bits per heavy atom. The Hall–Kier alpha value is -1.53. The summed E-state index contributed by atoms with van der Waals surface area (Å²) in [6.45, 7) is 4.30. The van der Waals surface area contributed by atoms with Gasteiger partial charge in [-0.3, -0.25) is 0 Å². The molecule has 0 N–H and O–H groups in total. The van der Waals surface area contributed by atoms with Gasteiger partial charge >= 0.3 is 0 Å². The highest BCUT2D eigenvalue weighted by Gasteiger charge is 2.20. The van der Waals surface area contributed by atoms with Crippen molar-refractivity contribution in [2.24, 2.45) is 0 Å². The molecule has 0 radical (unpaired) electrons. The number of halogens is 4. The average molecular weight is 329 g/mol. The summed E-state index contributed by atoms with van der Waals surface area (Å²) in [7, 11) is 0. The van der Waals surface area contributed by atoms with Crippen LogP contribution in [0.15, 0.2) is 35.2 Å². The molecule has 0 aromatic heterocycles. The van der Waals surface area contributed by atoms with Crippen LogP contribution in [-0.2, 0) is 6.54 Å². The van der Waals surface area contributed by atoms with Crippen LogP contribution in [0.2, 0.25) is 0 Å². The van der Waals surface area contributed by atoms with E-state index in [0.717, 1.165) is 10.5 Å². The first-order valence-electron chi connectivity index (χ1n) is 6.73. The van der Waals surface area contributed by atoms with Crippen molar-refractivity contribution < 1.29 is 17.6 Å². The number of hydrogen-bond acceptors (Lipinski definition) is 2. The number of hydrogen-bond donors (Lipinski definition) is 0. The molecule has 0 saturated carbocycles. The minimum atomic E-state index is -1.78. The summed E-state index contributed by atoms with van der Waals surface area (Å²) in [6, 6.07) is 8.39. The summed E-state index contributed by atoms with van der Waals surface area (Å²) in [6.07, 6.45) is 0. The Morgan fingerprint density at radius 1 is 0.955 bits per heavy atom. The van der Waals surface area contributed by atoms with Gasteiger partial charge in [-0.1, -0.05) is 24.6 Å². The van der Waals surface area contributed by atoms with Gasteiger partial charge in [0.25, 0.3) is 0 Å². The molecule has 0 saturated heterocycles. The smallest absolute Gasteiger partial charge is 0.197 e. The summed E-state index contributed by atoms with van der Waals surface area (Å²) < 4.78 is 54.9. The molecule has 0 aliphatic carbocycles. The minimum absolute atomic E-state index is 0.0327. The third-order valence-corrected chi connectivity index (χ3v) is 4.26.